The van der Waals surface area contributed by atoms with Crippen molar-refractivity contribution >= 4 is 39.5 Å². The van der Waals surface area contributed by atoms with E-state index in [-0.39, 0.29) is 23.5 Å². The van der Waals surface area contributed by atoms with E-state index in [9.17, 15) is 35.2 Å². The van der Waals surface area contributed by atoms with E-state index < -0.39 is 51.8 Å². The van der Waals surface area contributed by atoms with Gasteiger partial charge in [-0.3, -0.25) is 0 Å². The summed E-state index contributed by atoms with van der Waals surface area (Å²) >= 11 is -3.42. The van der Waals surface area contributed by atoms with Crippen LogP contribution in [0.5, 0.6) is 11.5 Å². The van der Waals surface area contributed by atoms with Crippen molar-refractivity contribution < 1.29 is 48.3 Å². The summed E-state index contributed by atoms with van der Waals surface area (Å²) in [6.07, 6.45) is -3.16. The molecule has 50 heavy (non-hydrogen) atoms. The van der Waals surface area contributed by atoms with Gasteiger partial charge in [0.05, 0.1) is 17.0 Å². The topological polar surface area (TPSA) is 123 Å². The fourth-order valence-electron chi connectivity index (χ4n) is 4.81. The largest absolute Gasteiger partial charge is 0.457 e. The Morgan fingerprint density at radius 3 is 1.96 bits per heavy atom. The van der Waals surface area contributed by atoms with E-state index in [1.165, 1.54) is 41.3 Å². The second-order valence-corrected chi connectivity index (χ2v) is 12.3. The number of carbonyl (C=O) groups excluding carboxylic acids is 1. The van der Waals surface area contributed by atoms with Crippen molar-refractivity contribution in [1.82, 2.24) is 9.78 Å². The number of nitrogens with zero attached hydrogens (tertiary/aromatic N) is 2. The minimum absolute atomic E-state index is 0.0348. The molecule has 6 rings (SSSR count). The Morgan fingerprint density at radius 1 is 0.800 bits per heavy atom. The highest BCUT2D eigenvalue weighted by atomic mass is 32.2. The molecule has 1 aliphatic rings. The highest BCUT2D eigenvalue weighted by Gasteiger charge is 2.35. The predicted octanol–water partition coefficient (Wildman–Crippen LogP) is 6.89. The molecule has 0 bridgehead atoms. The van der Waals surface area contributed by atoms with Gasteiger partial charge in [0.1, 0.15) is 18.1 Å². The molecule has 1 aliphatic heterocycles. The van der Waals surface area contributed by atoms with Crippen LogP contribution in [0.2, 0.25) is 0 Å². The monoisotopic (exact) mass is 731 g/mol. The Kier molecular flexibility index (Phi) is 10.9. The summed E-state index contributed by atoms with van der Waals surface area (Å²) in [5.74, 6) is -1.96. The number of benzene rings is 4. The summed E-state index contributed by atoms with van der Waals surface area (Å²) in [5.41, 5.74) is 2.98. The maximum Gasteiger partial charge on any atom is 0.435 e. The minimum Gasteiger partial charge on any atom is -0.457 e. The number of cyclic esters (lactones) is 1. The van der Waals surface area contributed by atoms with Crippen molar-refractivity contribution in [3.8, 4) is 28.4 Å². The fourth-order valence-corrected chi connectivity index (χ4v) is 5.49. The molecule has 4 aromatic carbocycles. The van der Waals surface area contributed by atoms with Crippen LogP contribution >= 0.6 is 0 Å². The van der Waals surface area contributed by atoms with Crippen LogP contribution in [0.15, 0.2) is 97.1 Å². The molecule has 9 nitrogen and oxygen atoms in total. The van der Waals surface area contributed by atoms with Gasteiger partial charge < -0.3 is 13.1 Å². The lowest BCUT2D eigenvalue weighted by Gasteiger charge is -2.09. The Bertz CT molecular complexity index is 2100. The van der Waals surface area contributed by atoms with Gasteiger partial charge in [0, 0.05) is 17.4 Å². The van der Waals surface area contributed by atoms with E-state index in [4.69, 9.17) is 18.2 Å². The zero-order valence-corrected chi connectivity index (χ0v) is 27.7. The molecule has 0 aliphatic carbocycles. The van der Waals surface area contributed by atoms with Crippen LogP contribution in [0.4, 0.5) is 22.0 Å². The van der Waals surface area contributed by atoms with Gasteiger partial charge in [-0.05, 0) is 72.6 Å². The second-order valence-electron chi connectivity index (χ2n) is 10.6. The zero-order chi connectivity index (χ0) is 36.2. The molecule has 0 saturated heterocycles. The quantitative estimate of drug-likeness (QED) is 0.136. The van der Waals surface area contributed by atoms with Crippen molar-refractivity contribution in [1.29, 1.82) is 0 Å². The maximum absolute atomic E-state index is 13.5. The van der Waals surface area contributed by atoms with Gasteiger partial charge in [-0.2, -0.15) is 22.5 Å². The van der Waals surface area contributed by atoms with Crippen LogP contribution < -0.4 is 13.5 Å². The van der Waals surface area contributed by atoms with Gasteiger partial charge in [0.2, 0.25) is 11.1 Å². The fraction of sp³-hybridized carbons (Fsp3) is 0.118. The van der Waals surface area contributed by atoms with Gasteiger partial charge in [-0.15, -0.1) is 0 Å². The minimum atomic E-state index is -4.57. The van der Waals surface area contributed by atoms with Crippen LogP contribution in [0, 0.1) is 18.6 Å². The molecule has 0 amide bonds. The van der Waals surface area contributed by atoms with Gasteiger partial charge in [-0.25, -0.2) is 27.6 Å². The number of aryl methyl sites for hydroxylation is 1. The number of esters is 1. The van der Waals surface area contributed by atoms with Crippen molar-refractivity contribution in [3.63, 3.8) is 0 Å². The van der Waals surface area contributed by atoms with Gasteiger partial charge in [0.15, 0.2) is 17.3 Å². The van der Waals surface area contributed by atoms with Gasteiger partial charge in [0.25, 0.3) is 11.3 Å². The van der Waals surface area contributed by atoms with E-state index in [1.807, 2.05) is 19.1 Å². The summed E-state index contributed by atoms with van der Waals surface area (Å²) in [7, 11) is 0. The Hall–Kier alpha value is -5.19. The SMILES string of the molecule is CS(=O)Oc1ccc(C2=C(c3ccc(F)c(F)c3)C(=O)OC2)cc1.Cc1ccc(-c2cc(C(F)(F)F)nn2-c2ccc(OS(N)=O)cc2)cc1. The molecule has 2 N–H and O–H groups in total. The maximum atomic E-state index is 13.5. The molecule has 0 fully saturated rings. The molecular formula is C34H26F5N3O6S2. The summed E-state index contributed by atoms with van der Waals surface area (Å²) in [5, 5.41) is 8.75. The molecule has 1 aromatic heterocycles. The lowest BCUT2D eigenvalue weighted by atomic mass is 9.96. The smallest absolute Gasteiger partial charge is 0.435 e. The third-order valence-corrected chi connectivity index (χ3v) is 7.87. The van der Waals surface area contributed by atoms with E-state index in [2.05, 4.69) is 5.10 Å². The molecular weight excluding hydrogens is 706 g/mol. The number of halogens is 5. The molecule has 0 saturated carbocycles. The van der Waals surface area contributed by atoms with Crippen LogP contribution in [-0.4, -0.2) is 37.0 Å². The van der Waals surface area contributed by atoms with Crippen LogP contribution in [-0.2, 0) is 38.1 Å². The summed E-state index contributed by atoms with van der Waals surface area (Å²) in [6, 6.07) is 23.9. The molecule has 2 unspecified atom stereocenters. The highest BCUT2D eigenvalue weighted by molar-refractivity contribution is 7.79. The lowest BCUT2D eigenvalue weighted by Crippen LogP contribution is -2.10. The first-order chi connectivity index (χ1) is 23.7. The van der Waals surface area contributed by atoms with E-state index >= 15 is 0 Å². The molecule has 260 valence electrons. The van der Waals surface area contributed by atoms with E-state index in [1.54, 1.807) is 36.4 Å². The summed E-state index contributed by atoms with van der Waals surface area (Å²) < 4.78 is 104. The van der Waals surface area contributed by atoms with Crippen LogP contribution in [0.1, 0.15) is 22.4 Å². The number of aromatic nitrogens is 2. The van der Waals surface area contributed by atoms with Crippen molar-refractivity contribution in [2.45, 2.75) is 13.1 Å². The molecule has 16 heteroatoms. The van der Waals surface area contributed by atoms with Gasteiger partial charge in [-0.1, -0.05) is 48.0 Å². The molecule has 0 radical (unpaired) electrons. The number of carbonyl (C=O) groups is 1. The van der Waals surface area contributed by atoms with E-state index in [0.29, 0.717) is 33.8 Å². The number of alkyl halides is 3. The Labute approximate surface area is 287 Å². The van der Waals surface area contributed by atoms with Crippen molar-refractivity contribution in [2.75, 3.05) is 12.9 Å². The molecule has 2 heterocycles. The number of nitrogens with two attached hydrogens (primary N) is 1. The number of ether oxygens (including phenoxy) is 1. The highest BCUT2D eigenvalue weighted by Crippen LogP contribution is 2.35. The van der Waals surface area contributed by atoms with E-state index in [0.717, 1.165) is 23.8 Å². The van der Waals surface area contributed by atoms with Gasteiger partial charge >= 0.3 is 12.1 Å². The second kappa shape index (κ2) is 15.1. The summed E-state index contributed by atoms with van der Waals surface area (Å²) in [4.78, 5) is 12.0. The molecule has 0 spiro atoms. The number of hydrogen-bond acceptors (Lipinski definition) is 7. The first kappa shape index (κ1) is 36.1. The first-order valence-corrected chi connectivity index (χ1v) is 17.0. The van der Waals surface area contributed by atoms with Crippen LogP contribution in [0.25, 0.3) is 28.1 Å². The predicted molar refractivity (Wildman–Crippen MR) is 177 cm³/mol. The van der Waals surface area contributed by atoms with Crippen molar-refractivity contribution in [2.24, 2.45) is 5.14 Å². The first-order valence-electron chi connectivity index (χ1n) is 14.4. The third kappa shape index (κ3) is 8.69. The third-order valence-electron chi connectivity index (χ3n) is 7.08. The standard InChI is InChI=1S/C17H14F3N3O2S.C17H12F2O4S/c1-11-2-4-12(5-3-11)15-10-16(17(18,19)20)22-23(15)13-6-8-14(9-7-13)25-26(21)24;1-24(21)23-12-5-2-10(3-6-12)13-9-22-17(20)16(13)11-4-7-14(18)15(19)8-11/h2-10H,21H2,1H3;2-8H,9H2,1H3. The average Bonchev–Trinajstić information content (AvgIpc) is 3.68. The molecule has 5 aromatic rings. The summed E-state index contributed by atoms with van der Waals surface area (Å²) in [6.45, 7) is 1.93. The average molecular weight is 732 g/mol. The Morgan fingerprint density at radius 2 is 1.38 bits per heavy atom. The number of hydrogen-bond donors (Lipinski definition) is 1. The van der Waals surface area contributed by atoms with Crippen LogP contribution in [0.3, 0.4) is 0 Å². The number of rotatable bonds is 8. The molecule has 2 atom stereocenters. The lowest BCUT2D eigenvalue weighted by molar-refractivity contribution is -0.141. The zero-order valence-electron chi connectivity index (χ0n) is 26.1. The van der Waals surface area contributed by atoms with Crippen molar-refractivity contribution in [3.05, 3.63) is 131 Å². The Balaban J connectivity index is 0.000000195. The normalized spacial score (nSPS) is 14.0.